The van der Waals surface area contributed by atoms with Gasteiger partial charge in [-0.2, -0.15) is 0 Å². The number of aromatic nitrogens is 1. The molecule has 20 heavy (non-hydrogen) atoms. The van der Waals surface area contributed by atoms with E-state index in [1.807, 2.05) is 4.90 Å². The van der Waals surface area contributed by atoms with E-state index in [0.29, 0.717) is 11.5 Å². The molecule has 0 radical (unpaired) electrons. The van der Waals surface area contributed by atoms with Gasteiger partial charge >= 0.3 is 0 Å². The molecule has 3 rings (SSSR count). The third kappa shape index (κ3) is 2.35. The van der Waals surface area contributed by atoms with Crippen LogP contribution in [0.15, 0.2) is 10.8 Å². The van der Waals surface area contributed by atoms with Crippen LogP contribution in [0.3, 0.4) is 0 Å². The zero-order chi connectivity index (χ0) is 14.1. The van der Waals surface area contributed by atoms with Crippen molar-refractivity contribution in [3.8, 4) is 0 Å². The number of aliphatic hydroxyl groups excluding tert-OH is 1. The maximum absolute atomic E-state index is 12.6. The molecule has 1 saturated carbocycles. The number of nitrogens with zero attached hydrogens (tertiary/aromatic N) is 2. The second-order valence-corrected chi connectivity index (χ2v) is 5.99. The fourth-order valence-electron chi connectivity index (χ4n) is 3.72. The van der Waals surface area contributed by atoms with Gasteiger partial charge < -0.3 is 14.4 Å². The highest BCUT2D eigenvalue weighted by Crippen LogP contribution is 2.35. The summed E-state index contributed by atoms with van der Waals surface area (Å²) < 4.78 is 5.24. The van der Waals surface area contributed by atoms with Crippen molar-refractivity contribution in [3.63, 3.8) is 0 Å². The number of rotatable bonds is 2. The number of carbonyl (C=O) groups is 1. The highest BCUT2D eigenvalue weighted by molar-refractivity contribution is 5.92. The minimum absolute atomic E-state index is 0.0692. The third-order valence-corrected chi connectivity index (χ3v) is 4.78. The van der Waals surface area contributed by atoms with Crippen LogP contribution in [0.25, 0.3) is 0 Å². The number of carbonyl (C=O) groups excluding carboxylic acids is 1. The molecule has 3 atom stereocenters. The first kappa shape index (κ1) is 13.6. The first-order valence-corrected chi connectivity index (χ1v) is 7.57. The lowest BCUT2D eigenvalue weighted by Crippen LogP contribution is -2.45. The Morgan fingerprint density at radius 3 is 2.85 bits per heavy atom. The monoisotopic (exact) mass is 278 g/mol. The Morgan fingerprint density at radius 1 is 1.35 bits per heavy atom. The van der Waals surface area contributed by atoms with Crippen molar-refractivity contribution in [2.45, 2.75) is 57.6 Å². The van der Waals surface area contributed by atoms with E-state index in [-0.39, 0.29) is 24.0 Å². The maximum Gasteiger partial charge on any atom is 0.291 e. The molecular formula is C15H22N2O3. The van der Waals surface area contributed by atoms with E-state index in [2.05, 4.69) is 4.98 Å². The molecule has 2 fully saturated rings. The van der Waals surface area contributed by atoms with Gasteiger partial charge in [-0.05, 0) is 32.6 Å². The van der Waals surface area contributed by atoms with Crippen LogP contribution in [0.5, 0.6) is 0 Å². The summed E-state index contributed by atoms with van der Waals surface area (Å²) in [5, 5.41) is 10.2. The highest BCUT2D eigenvalue weighted by atomic mass is 16.3. The molecule has 2 aliphatic rings. The molecule has 1 aromatic heterocycles. The SMILES string of the molecule is Cc1ncoc1C(=O)N1CCCC1C1CCCCC1O. The molecule has 1 aromatic rings. The van der Waals surface area contributed by atoms with E-state index in [0.717, 1.165) is 45.1 Å². The van der Waals surface area contributed by atoms with Gasteiger partial charge in [0.15, 0.2) is 6.39 Å². The van der Waals surface area contributed by atoms with Gasteiger partial charge in [0.25, 0.3) is 5.91 Å². The predicted octanol–water partition coefficient (Wildman–Crippen LogP) is 2.14. The quantitative estimate of drug-likeness (QED) is 0.900. The number of hydrogen-bond donors (Lipinski definition) is 1. The number of oxazole rings is 1. The lowest BCUT2D eigenvalue weighted by Gasteiger charge is -2.36. The number of aliphatic hydroxyl groups is 1. The van der Waals surface area contributed by atoms with E-state index in [1.165, 1.54) is 6.39 Å². The molecule has 1 saturated heterocycles. The second kappa shape index (κ2) is 5.56. The first-order chi connectivity index (χ1) is 9.68. The summed E-state index contributed by atoms with van der Waals surface area (Å²) >= 11 is 0. The van der Waals surface area contributed by atoms with Gasteiger partial charge in [0.1, 0.15) is 0 Å². The molecule has 110 valence electrons. The lowest BCUT2D eigenvalue weighted by atomic mass is 9.80. The minimum Gasteiger partial charge on any atom is -0.438 e. The number of aryl methyl sites for hydroxylation is 1. The van der Waals surface area contributed by atoms with Crippen molar-refractivity contribution in [3.05, 3.63) is 17.8 Å². The van der Waals surface area contributed by atoms with Gasteiger partial charge in [0.2, 0.25) is 5.76 Å². The van der Waals surface area contributed by atoms with Crippen molar-refractivity contribution in [1.29, 1.82) is 0 Å². The molecule has 1 aliphatic heterocycles. The molecule has 2 heterocycles. The normalized spacial score (nSPS) is 30.7. The van der Waals surface area contributed by atoms with Crippen LogP contribution >= 0.6 is 0 Å². The van der Waals surface area contributed by atoms with E-state index < -0.39 is 0 Å². The molecule has 3 unspecified atom stereocenters. The van der Waals surface area contributed by atoms with Crippen LogP contribution in [0.1, 0.15) is 54.8 Å². The summed E-state index contributed by atoms with van der Waals surface area (Å²) in [6, 6.07) is 0.155. The van der Waals surface area contributed by atoms with E-state index in [4.69, 9.17) is 4.42 Å². The fourth-order valence-corrected chi connectivity index (χ4v) is 3.72. The van der Waals surface area contributed by atoms with E-state index in [1.54, 1.807) is 6.92 Å². The summed E-state index contributed by atoms with van der Waals surface area (Å²) in [6.45, 7) is 2.55. The summed E-state index contributed by atoms with van der Waals surface area (Å²) in [5.74, 6) is 0.501. The average Bonchev–Trinajstić information content (AvgIpc) is 3.07. The standard InChI is InChI=1S/C15H22N2O3/c1-10-14(20-9-16-10)15(19)17-8-4-6-12(17)11-5-2-3-7-13(11)18/h9,11-13,18H,2-8H2,1H3. The summed E-state index contributed by atoms with van der Waals surface area (Å²) in [6.07, 6.45) is 7.19. The Labute approximate surface area is 119 Å². The fraction of sp³-hybridized carbons (Fsp3) is 0.733. The van der Waals surface area contributed by atoms with Crippen molar-refractivity contribution < 1.29 is 14.3 Å². The van der Waals surface area contributed by atoms with Crippen molar-refractivity contribution in [1.82, 2.24) is 9.88 Å². The minimum atomic E-state index is -0.266. The number of likely N-dealkylation sites (tertiary alicyclic amines) is 1. The zero-order valence-electron chi connectivity index (χ0n) is 11.9. The highest BCUT2D eigenvalue weighted by Gasteiger charge is 2.40. The van der Waals surface area contributed by atoms with Gasteiger partial charge in [-0.15, -0.1) is 0 Å². The van der Waals surface area contributed by atoms with Gasteiger partial charge in [-0.25, -0.2) is 4.98 Å². The Morgan fingerprint density at radius 2 is 2.15 bits per heavy atom. The summed E-state index contributed by atoms with van der Waals surface area (Å²) in [7, 11) is 0. The van der Waals surface area contributed by atoms with Gasteiger partial charge in [-0.3, -0.25) is 4.79 Å². The maximum atomic E-state index is 12.6. The molecule has 1 aliphatic carbocycles. The molecule has 0 bridgehead atoms. The zero-order valence-corrected chi connectivity index (χ0v) is 11.9. The Kier molecular flexibility index (Phi) is 3.78. The lowest BCUT2D eigenvalue weighted by molar-refractivity contribution is 0.0199. The predicted molar refractivity (Wildman–Crippen MR) is 73.3 cm³/mol. The van der Waals surface area contributed by atoms with Crippen LogP contribution in [0.2, 0.25) is 0 Å². The molecule has 0 spiro atoms. The number of amides is 1. The second-order valence-electron chi connectivity index (χ2n) is 5.99. The summed E-state index contributed by atoms with van der Waals surface area (Å²) in [5.41, 5.74) is 0.643. The largest absolute Gasteiger partial charge is 0.438 e. The van der Waals surface area contributed by atoms with Crippen LogP contribution in [0.4, 0.5) is 0 Å². The van der Waals surface area contributed by atoms with Gasteiger partial charge in [0, 0.05) is 18.5 Å². The van der Waals surface area contributed by atoms with Crippen molar-refractivity contribution in [2.24, 2.45) is 5.92 Å². The first-order valence-electron chi connectivity index (χ1n) is 7.57. The molecule has 1 N–H and O–H groups in total. The Bertz CT molecular complexity index is 485. The van der Waals surface area contributed by atoms with E-state index in [9.17, 15) is 9.90 Å². The van der Waals surface area contributed by atoms with Gasteiger partial charge in [0.05, 0.1) is 11.8 Å². The third-order valence-electron chi connectivity index (χ3n) is 4.78. The Hall–Kier alpha value is -1.36. The number of hydrogen-bond acceptors (Lipinski definition) is 4. The van der Waals surface area contributed by atoms with E-state index >= 15 is 0 Å². The smallest absolute Gasteiger partial charge is 0.291 e. The van der Waals surface area contributed by atoms with Gasteiger partial charge in [-0.1, -0.05) is 12.8 Å². The van der Waals surface area contributed by atoms with Crippen LogP contribution < -0.4 is 0 Å². The van der Waals surface area contributed by atoms with Crippen molar-refractivity contribution in [2.75, 3.05) is 6.54 Å². The van der Waals surface area contributed by atoms with Crippen LogP contribution in [-0.4, -0.2) is 39.6 Å². The van der Waals surface area contributed by atoms with Crippen LogP contribution in [-0.2, 0) is 0 Å². The molecular weight excluding hydrogens is 256 g/mol. The Balaban J connectivity index is 1.78. The molecule has 0 aromatic carbocycles. The summed E-state index contributed by atoms with van der Waals surface area (Å²) in [4.78, 5) is 18.5. The topological polar surface area (TPSA) is 66.6 Å². The molecule has 5 nitrogen and oxygen atoms in total. The molecule has 1 amide bonds. The van der Waals surface area contributed by atoms with Crippen molar-refractivity contribution >= 4 is 5.91 Å². The average molecular weight is 278 g/mol. The molecule has 5 heteroatoms. The van der Waals surface area contributed by atoms with Crippen LogP contribution in [0, 0.1) is 12.8 Å².